The zero-order chi connectivity index (χ0) is 31.8. The molecule has 0 bridgehead atoms. The van der Waals surface area contributed by atoms with Crippen molar-refractivity contribution in [3.8, 4) is 0 Å². The monoisotopic (exact) mass is 607 g/mol. The van der Waals surface area contributed by atoms with E-state index in [0.717, 1.165) is 5.56 Å². The van der Waals surface area contributed by atoms with Gasteiger partial charge >= 0.3 is 17.7 Å². The van der Waals surface area contributed by atoms with E-state index in [4.69, 9.17) is 14.3 Å². The van der Waals surface area contributed by atoms with Gasteiger partial charge in [0.2, 0.25) is 11.8 Å². The average Bonchev–Trinajstić information content (AvgIpc) is 3.47. The first kappa shape index (κ1) is 32.0. The number of carbonyl (C=O) groups excluding carboxylic acids is 3. The number of alkyl carbamates (subject to hydrolysis) is 1. The maximum atomic E-state index is 13.6. The molecule has 2 heterocycles. The summed E-state index contributed by atoms with van der Waals surface area (Å²) in [5, 5.41) is 17.4. The summed E-state index contributed by atoms with van der Waals surface area (Å²) in [4.78, 5) is 68.8. The molecule has 0 radical (unpaired) electrons. The molecule has 4 N–H and O–H groups in total. The van der Waals surface area contributed by atoms with Crippen LogP contribution in [0.15, 0.2) is 51.7 Å². The summed E-state index contributed by atoms with van der Waals surface area (Å²) in [6.07, 6.45) is 0.600. The van der Waals surface area contributed by atoms with E-state index in [0.29, 0.717) is 37.1 Å². The summed E-state index contributed by atoms with van der Waals surface area (Å²) in [6.45, 7) is 5.97. The Morgan fingerprint density at radius 2 is 1.91 bits per heavy atom. The first-order valence-electron chi connectivity index (χ1n) is 14.5. The van der Waals surface area contributed by atoms with Crippen molar-refractivity contribution in [1.82, 2.24) is 15.2 Å². The first-order valence-corrected chi connectivity index (χ1v) is 14.5. The number of carboxylic acids is 1. The van der Waals surface area contributed by atoms with Gasteiger partial charge < -0.3 is 35.1 Å². The lowest BCUT2D eigenvalue weighted by Crippen LogP contribution is -2.54. The molecule has 44 heavy (non-hydrogen) atoms. The third kappa shape index (κ3) is 8.12. The van der Waals surface area contributed by atoms with Gasteiger partial charge in [0.05, 0.1) is 10.9 Å². The molecule has 2 atom stereocenters. The molecule has 0 saturated carbocycles. The molecule has 1 aliphatic rings. The Balaban J connectivity index is 1.43. The molecule has 1 aromatic heterocycles. The fourth-order valence-electron chi connectivity index (χ4n) is 5.09. The van der Waals surface area contributed by atoms with E-state index in [1.54, 1.807) is 19.1 Å². The summed E-state index contributed by atoms with van der Waals surface area (Å²) >= 11 is 0. The summed E-state index contributed by atoms with van der Waals surface area (Å²) in [5.41, 5.74) is 1.41. The number of hydrogen-bond donors (Lipinski definition) is 4. The Kier molecular flexibility index (Phi) is 10.5. The molecule has 3 aromatic rings. The van der Waals surface area contributed by atoms with Crippen LogP contribution >= 0.6 is 0 Å². The molecular formula is C31H37N5O8. The predicted molar refractivity (Wildman–Crippen MR) is 162 cm³/mol. The number of aliphatic carboxylic acids is 1. The molecule has 1 saturated heterocycles. The van der Waals surface area contributed by atoms with Crippen molar-refractivity contribution in [3.05, 3.63) is 64.0 Å². The SMILES string of the molecule is Cc1cc(NC(=O)[C@@H]2CCCN2C(=O)[C@@H](NC(=O)OCc2ccccc2)C(C)C)cc2nc(NCCCC(=O)O)oc(=O)c12. The van der Waals surface area contributed by atoms with Crippen molar-refractivity contribution in [1.29, 1.82) is 0 Å². The molecule has 13 heteroatoms. The molecule has 1 fully saturated rings. The number of likely N-dealkylation sites (tertiary alicyclic amines) is 1. The number of fused-ring (bicyclic) bond motifs is 1. The van der Waals surface area contributed by atoms with E-state index in [2.05, 4.69) is 20.9 Å². The predicted octanol–water partition coefficient (Wildman–Crippen LogP) is 3.65. The molecule has 4 rings (SSSR count). The Labute approximate surface area is 254 Å². The Bertz CT molecular complexity index is 1570. The number of benzene rings is 2. The minimum absolute atomic E-state index is 0.0485. The zero-order valence-corrected chi connectivity index (χ0v) is 24.9. The van der Waals surface area contributed by atoms with E-state index in [-0.39, 0.29) is 48.3 Å². The molecule has 3 amide bonds. The van der Waals surface area contributed by atoms with Crippen LogP contribution in [0.4, 0.5) is 16.5 Å². The van der Waals surface area contributed by atoms with Gasteiger partial charge in [0, 0.05) is 25.2 Å². The maximum Gasteiger partial charge on any atom is 0.408 e. The molecule has 0 spiro atoms. The van der Waals surface area contributed by atoms with E-state index in [1.807, 2.05) is 44.2 Å². The van der Waals surface area contributed by atoms with E-state index in [1.165, 1.54) is 4.90 Å². The van der Waals surface area contributed by atoms with Crippen molar-refractivity contribution in [2.45, 2.75) is 65.1 Å². The van der Waals surface area contributed by atoms with Crippen LogP contribution in [0.2, 0.25) is 0 Å². The van der Waals surface area contributed by atoms with Crippen LogP contribution < -0.4 is 21.6 Å². The van der Waals surface area contributed by atoms with Crippen LogP contribution in [0.3, 0.4) is 0 Å². The van der Waals surface area contributed by atoms with Crippen molar-refractivity contribution >= 4 is 46.5 Å². The van der Waals surface area contributed by atoms with Crippen LogP contribution in [-0.2, 0) is 25.7 Å². The molecule has 0 unspecified atom stereocenters. The quantitative estimate of drug-likeness (QED) is 0.222. The van der Waals surface area contributed by atoms with Crippen molar-refractivity contribution in [2.24, 2.45) is 5.92 Å². The second-order valence-corrected chi connectivity index (χ2v) is 11.0. The lowest BCUT2D eigenvalue weighted by molar-refractivity contribution is -0.139. The Hall–Kier alpha value is -4.94. The van der Waals surface area contributed by atoms with Gasteiger partial charge in [-0.2, -0.15) is 4.98 Å². The number of nitrogens with zero attached hydrogens (tertiary/aromatic N) is 2. The highest BCUT2D eigenvalue weighted by Gasteiger charge is 2.39. The van der Waals surface area contributed by atoms with Gasteiger partial charge in [-0.15, -0.1) is 0 Å². The lowest BCUT2D eigenvalue weighted by atomic mass is 10.0. The average molecular weight is 608 g/mol. The number of aryl methyl sites for hydroxylation is 1. The number of amides is 3. The third-order valence-electron chi connectivity index (χ3n) is 7.30. The maximum absolute atomic E-state index is 13.6. The number of carboxylic acid groups (broad SMARTS) is 1. The van der Waals surface area contributed by atoms with Crippen LogP contribution in [-0.4, -0.2) is 64.0 Å². The minimum Gasteiger partial charge on any atom is -0.481 e. The normalized spacial score (nSPS) is 15.2. The van der Waals surface area contributed by atoms with Gasteiger partial charge in [0.1, 0.15) is 18.7 Å². The number of hydrogen-bond acceptors (Lipinski definition) is 9. The third-order valence-corrected chi connectivity index (χ3v) is 7.30. The van der Waals surface area contributed by atoms with E-state index < -0.39 is 35.7 Å². The van der Waals surface area contributed by atoms with Gasteiger partial charge in [0.15, 0.2) is 0 Å². The van der Waals surface area contributed by atoms with E-state index >= 15 is 0 Å². The standard InChI is InChI=1S/C31H37N5O8/c1-18(2)26(35-31(42)43-17-20-9-5-4-6-10-20)28(40)36-14-8-11-23(36)27(39)33-21-15-19(3)25-22(16-21)34-30(44-29(25)41)32-13-7-12-24(37)38/h4-6,9-10,15-16,18,23,26H,7-8,11-14,17H2,1-3H3,(H,32,34)(H,33,39)(H,35,42)(H,37,38)/t23-,26-/m0/s1. The number of aromatic nitrogens is 1. The van der Waals surface area contributed by atoms with Gasteiger partial charge in [-0.1, -0.05) is 44.2 Å². The molecule has 234 valence electrons. The van der Waals surface area contributed by atoms with E-state index in [9.17, 15) is 24.0 Å². The molecule has 2 aromatic carbocycles. The summed E-state index contributed by atoms with van der Waals surface area (Å²) in [7, 11) is 0. The molecule has 13 nitrogen and oxygen atoms in total. The van der Waals surface area contributed by atoms with Gasteiger partial charge in [0.25, 0.3) is 6.01 Å². The van der Waals surface area contributed by atoms with Crippen LogP contribution in [0.25, 0.3) is 10.9 Å². The zero-order valence-electron chi connectivity index (χ0n) is 24.9. The minimum atomic E-state index is -0.935. The number of rotatable bonds is 12. The number of ether oxygens (including phenoxy) is 1. The smallest absolute Gasteiger partial charge is 0.408 e. The highest BCUT2D eigenvalue weighted by molar-refractivity contribution is 6.00. The Morgan fingerprint density at radius 3 is 2.61 bits per heavy atom. The fourth-order valence-corrected chi connectivity index (χ4v) is 5.09. The summed E-state index contributed by atoms with van der Waals surface area (Å²) in [6, 6.07) is 10.7. The highest BCUT2D eigenvalue weighted by Crippen LogP contribution is 2.25. The van der Waals surface area contributed by atoms with Crippen LogP contribution in [0.1, 0.15) is 50.7 Å². The number of anilines is 2. The largest absolute Gasteiger partial charge is 0.481 e. The second-order valence-electron chi connectivity index (χ2n) is 11.0. The van der Waals surface area contributed by atoms with Gasteiger partial charge in [-0.3, -0.25) is 14.4 Å². The van der Waals surface area contributed by atoms with Crippen molar-refractivity contribution in [3.63, 3.8) is 0 Å². The number of nitrogens with one attached hydrogen (secondary N) is 3. The topological polar surface area (TPSA) is 180 Å². The lowest BCUT2D eigenvalue weighted by Gasteiger charge is -2.30. The number of carbonyl (C=O) groups is 4. The Morgan fingerprint density at radius 1 is 1.16 bits per heavy atom. The van der Waals surface area contributed by atoms with Crippen LogP contribution in [0, 0.1) is 12.8 Å². The van der Waals surface area contributed by atoms with Gasteiger partial charge in [-0.25, -0.2) is 9.59 Å². The van der Waals surface area contributed by atoms with Crippen LogP contribution in [0.5, 0.6) is 0 Å². The molecular weight excluding hydrogens is 570 g/mol. The van der Waals surface area contributed by atoms with Crippen molar-refractivity contribution in [2.75, 3.05) is 23.7 Å². The summed E-state index contributed by atoms with van der Waals surface area (Å²) in [5.74, 6) is -1.97. The first-order chi connectivity index (χ1) is 21.0. The van der Waals surface area contributed by atoms with Gasteiger partial charge in [-0.05, 0) is 55.4 Å². The molecule has 1 aliphatic heterocycles. The van der Waals surface area contributed by atoms with Crippen molar-refractivity contribution < 1.29 is 33.4 Å². The summed E-state index contributed by atoms with van der Waals surface area (Å²) < 4.78 is 10.5. The second kappa shape index (κ2) is 14.5. The fraction of sp³-hybridized carbons (Fsp3) is 0.419. The molecule has 0 aliphatic carbocycles. The highest BCUT2D eigenvalue weighted by atomic mass is 16.5.